The molecule has 0 saturated heterocycles. The quantitative estimate of drug-likeness (QED) is 0.183. The number of para-hydroxylation sites is 2. The van der Waals surface area contributed by atoms with Gasteiger partial charge in [0.15, 0.2) is 0 Å². The Balaban J connectivity index is 1.38. The molecule has 0 unspecified atom stereocenters. The molecule has 0 atom stereocenters. The van der Waals surface area contributed by atoms with Gasteiger partial charge in [0, 0.05) is 46.4 Å². The molecule has 0 fully saturated rings. The van der Waals surface area contributed by atoms with Gasteiger partial charge in [0.05, 0.1) is 32.2 Å². The van der Waals surface area contributed by atoms with Gasteiger partial charge in [-0.25, -0.2) is 0 Å². The van der Waals surface area contributed by atoms with Crippen LogP contribution in [0, 0.1) is 0 Å². The van der Waals surface area contributed by atoms with Crippen molar-refractivity contribution in [3.8, 4) is 5.69 Å². The molecule has 0 N–H and O–H groups in total. The first kappa shape index (κ1) is 22.7. The Morgan fingerprint density at radius 3 is 2.24 bits per heavy atom. The Morgan fingerprint density at radius 2 is 1.31 bits per heavy atom. The Kier molecular flexibility index (Phi) is 4.36. The largest absolute Gasteiger partial charge is 0.456 e. The summed E-state index contributed by atoms with van der Waals surface area (Å²) in [4.78, 5) is 13.4. The van der Waals surface area contributed by atoms with Crippen LogP contribution in [0.25, 0.3) is 89.8 Å². The minimum absolute atomic E-state index is 0.0144. The zero-order valence-corrected chi connectivity index (χ0v) is 23.7. The number of fused-ring (bicyclic) bond motifs is 12. The highest BCUT2D eigenvalue weighted by atomic mass is 32.1. The Morgan fingerprint density at radius 1 is 0.524 bits per heavy atom. The monoisotopic (exact) mass is 573 g/mol. The van der Waals surface area contributed by atoms with Gasteiger partial charge in [-0.2, -0.15) is 0 Å². The number of hydrogen-bond donors (Lipinski definition) is 0. The van der Waals surface area contributed by atoms with Crippen LogP contribution in [0.4, 0.5) is 0 Å². The number of thiophene rings is 2. The second-order valence-corrected chi connectivity index (χ2v) is 12.9. The van der Waals surface area contributed by atoms with Crippen molar-refractivity contribution in [2.45, 2.75) is 0 Å². The van der Waals surface area contributed by atoms with E-state index >= 15 is 0 Å². The average molecular weight is 574 g/mol. The maximum Gasteiger partial charge on any atom is 0.200 e. The van der Waals surface area contributed by atoms with Crippen molar-refractivity contribution >= 4 is 107 Å². The molecule has 42 heavy (non-hydrogen) atoms. The minimum Gasteiger partial charge on any atom is -0.456 e. The highest BCUT2D eigenvalue weighted by Crippen LogP contribution is 2.46. The van der Waals surface area contributed by atoms with E-state index in [1.807, 2.05) is 41.7 Å². The van der Waals surface area contributed by atoms with E-state index in [9.17, 15) is 4.79 Å². The second-order valence-electron chi connectivity index (χ2n) is 10.8. The molecule has 10 rings (SSSR count). The van der Waals surface area contributed by atoms with Crippen LogP contribution in [0.15, 0.2) is 124 Å². The Hall–Kier alpha value is -4.97. The van der Waals surface area contributed by atoms with Crippen LogP contribution in [0.1, 0.15) is 0 Å². The van der Waals surface area contributed by atoms with Crippen molar-refractivity contribution in [1.82, 2.24) is 4.57 Å². The normalized spacial score (nSPS) is 12.4. The Labute approximate surface area is 246 Å². The molecular weight excluding hydrogens is 555 g/mol. The number of nitrogens with zero attached hydrogens (tertiary/aromatic N) is 1. The molecule has 3 nitrogen and oxygen atoms in total. The number of rotatable bonds is 1. The second kappa shape index (κ2) is 8.07. The summed E-state index contributed by atoms with van der Waals surface area (Å²) >= 11 is 3.60. The Bertz CT molecular complexity index is 2830. The summed E-state index contributed by atoms with van der Waals surface area (Å²) in [6.45, 7) is 0. The zero-order chi connectivity index (χ0) is 27.5. The lowest BCUT2D eigenvalue weighted by molar-refractivity contribution is 0.660. The summed E-state index contributed by atoms with van der Waals surface area (Å²) < 4.78 is 13.6. The number of aromatic nitrogens is 1. The fraction of sp³-hybridized carbons (Fsp3) is 0. The van der Waals surface area contributed by atoms with Crippen molar-refractivity contribution < 1.29 is 4.42 Å². The molecule has 0 radical (unpaired) electrons. The lowest BCUT2D eigenvalue weighted by Crippen LogP contribution is -2.01. The molecule has 4 aromatic heterocycles. The summed E-state index contributed by atoms with van der Waals surface area (Å²) in [5.74, 6) is 0. The van der Waals surface area contributed by atoms with Gasteiger partial charge in [-0.1, -0.05) is 66.7 Å². The molecule has 0 amide bonds. The predicted octanol–water partition coefficient (Wildman–Crippen LogP) is 10.8. The van der Waals surface area contributed by atoms with Gasteiger partial charge >= 0.3 is 0 Å². The molecule has 0 aliphatic rings. The van der Waals surface area contributed by atoms with Crippen molar-refractivity contribution in [3.63, 3.8) is 0 Å². The van der Waals surface area contributed by atoms with Gasteiger partial charge in [0.2, 0.25) is 5.43 Å². The first-order valence-electron chi connectivity index (χ1n) is 13.9. The van der Waals surface area contributed by atoms with Gasteiger partial charge in [-0.3, -0.25) is 4.79 Å². The highest BCUT2D eigenvalue weighted by Gasteiger charge is 2.21. The van der Waals surface area contributed by atoms with E-state index in [2.05, 4.69) is 89.5 Å². The molecule has 5 heteroatoms. The lowest BCUT2D eigenvalue weighted by atomic mass is 10.1. The summed E-state index contributed by atoms with van der Waals surface area (Å²) in [5.41, 5.74) is 4.83. The van der Waals surface area contributed by atoms with Crippen LogP contribution in [0.2, 0.25) is 0 Å². The molecule has 10 aromatic rings. The molecule has 196 valence electrons. The standard InChI is InChI=1S/C37H19NO2S2/c39-36-23-9-2-5-14-29(23)40-30-18-25-22-11-7-13-28(37(22)42-33(25)19-26(30)36)38-27-12-4-1-8-20(27)21-16-17-32-34(35(21)38)24-10-3-6-15-31(24)41-32/h1-19H. The van der Waals surface area contributed by atoms with Crippen LogP contribution >= 0.6 is 22.7 Å². The van der Waals surface area contributed by atoms with Crippen LogP contribution in [0.3, 0.4) is 0 Å². The minimum atomic E-state index is 0.0144. The first-order chi connectivity index (χ1) is 20.7. The fourth-order valence-electron chi connectivity index (χ4n) is 6.77. The molecule has 0 spiro atoms. The van der Waals surface area contributed by atoms with E-state index in [-0.39, 0.29) is 5.43 Å². The summed E-state index contributed by atoms with van der Waals surface area (Å²) in [5, 5.41) is 8.60. The van der Waals surface area contributed by atoms with E-state index in [0.717, 1.165) is 15.8 Å². The number of benzene rings is 6. The van der Waals surface area contributed by atoms with Gasteiger partial charge in [-0.15, -0.1) is 22.7 Å². The molecule has 0 saturated carbocycles. The fourth-order valence-corrected chi connectivity index (χ4v) is 9.10. The highest BCUT2D eigenvalue weighted by molar-refractivity contribution is 7.26. The summed E-state index contributed by atoms with van der Waals surface area (Å²) in [6, 6.07) is 40.1. The third-order valence-electron chi connectivity index (χ3n) is 8.59. The van der Waals surface area contributed by atoms with Crippen LogP contribution in [-0.4, -0.2) is 4.57 Å². The SMILES string of the molecule is O=c1c2ccccc2oc2cc3c(cc12)sc1c(-n2c4ccccc4c4ccc5sc6ccccc6c5c42)cccc13. The molecule has 0 bridgehead atoms. The molecule has 0 aliphatic carbocycles. The van der Waals surface area contributed by atoms with E-state index in [1.54, 1.807) is 11.3 Å². The first-order valence-corrected chi connectivity index (χ1v) is 15.5. The van der Waals surface area contributed by atoms with Crippen LogP contribution < -0.4 is 5.43 Å². The maximum absolute atomic E-state index is 13.4. The van der Waals surface area contributed by atoms with Crippen LogP contribution in [0.5, 0.6) is 0 Å². The molecule has 0 aliphatic heterocycles. The van der Waals surface area contributed by atoms with Gasteiger partial charge in [0.1, 0.15) is 11.2 Å². The average Bonchev–Trinajstić information content (AvgIpc) is 3.69. The van der Waals surface area contributed by atoms with Crippen molar-refractivity contribution in [3.05, 3.63) is 125 Å². The van der Waals surface area contributed by atoms with E-state index in [1.165, 1.54) is 52.1 Å². The van der Waals surface area contributed by atoms with E-state index < -0.39 is 0 Å². The predicted molar refractivity (Wildman–Crippen MR) is 180 cm³/mol. The van der Waals surface area contributed by atoms with Crippen LogP contribution in [-0.2, 0) is 0 Å². The third-order valence-corrected chi connectivity index (χ3v) is 10.9. The van der Waals surface area contributed by atoms with Gasteiger partial charge in [-0.05, 0) is 48.5 Å². The van der Waals surface area contributed by atoms with Crippen molar-refractivity contribution in [1.29, 1.82) is 0 Å². The third kappa shape index (κ3) is 2.86. The zero-order valence-electron chi connectivity index (χ0n) is 22.0. The number of hydrogen-bond acceptors (Lipinski definition) is 4. The van der Waals surface area contributed by atoms with E-state index in [4.69, 9.17) is 4.42 Å². The van der Waals surface area contributed by atoms with Gasteiger partial charge < -0.3 is 8.98 Å². The molecule has 4 heterocycles. The summed E-state index contributed by atoms with van der Waals surface area (Å²) in [7, 11) is 0. The lowest BCUT2D eigenvalue weighted by Gasteiger charge is -2.10. The van der Waals surface area contributed by atoms with Gasteiger partial charge in [0.25, 0.3) is 0 Å². The van der Waals surface area contributed by atoms with E-state index in [0.29, 0.717) is 21.9 Å². The molecular formula is C37H19NO2S2. The topological polar surface area (TPSA) is 35.1 Å². The maximum atomic E-state index is 13.4. The van der Waals surface area contributed by atoms with Crippen molar-refractivity contribution in [2.24, 2.45) is 0 Å². The smallest absolute Gasteiger partial charge is 0.200 e. The summed E-state index contributed by atoms with van der Waals surface area (Å²) in [6.07, 6.45) is 0. The molecule has 6 aromatic carbocycles. The van der Waals surface area contributed by atoms with Crippen molar-refractivity contribution in [2.75, 3.05) is 0 Å².